The molecule has 1 aromatic carbocycles. The molecule has 0 spiro atoms. The molecule has 1 aromatic rings. The highest BCUT2D eigenvalue weighted by Crippen LogP contribution is 2.47. The van der Waals surface area contributed by atoms with Gasteiger partial charge in [0.05, 0.1) is 18.6 Å². The van der Waals surface area contributed by atoms with E-state index in [9.17, 15) is 27.9 Å². The van der Waals surface area contributed by atoms with Gasteiger partial charge in [0.1, 0.15) is 24.5 Å². The van der Waals surface area contributed by atoms with Gasteiger partial charge in [-0.25, -0.2) is 0 Å². The van der Waals surface area contributed by atoms with E-state index in [0.717, 1.165) is 25.7 Å². The molecule has 1 aliphatic heterocycles. The normalized spacial score (nSPS) is 21.9. The first kappa shape index (κ1) is 30.9. The van der Waals surface area contributed by atoms with E-state index in [1.807, 2.05) is 0 Å². The first-order valence-electron chi connectivity index (χ1n) is 14.1. The molecule has 218 valence electrons. The Morgan fingerprint density at radius 1 is 1.03 bits per heavy atom. The van der Waals surface area contributed by atoms with Crippen molar-refractivity contribution < 1.29 is 37.7 Å². The summed E-state index contributed by atoms with van der Waals surface area (Å²) >= 11 is 0. The van der Waals surface area contributed by atoms with Crippen LogP contribution < -0.4 is 10.1 Å². The Bertz CT molecular complexity index is 984. The molecule has 7 nitrogen and oxygen atoms in total. The quantitative estimate of drug-likeness (QED) is 0.275. The average Bonchev–Trinajstić information content (AvgIpc) is 3.29. The minimum atomic E-state index is -4.70. The van der Waals surface area contributed by atoms with Crippen molar-refractivity contribution in [1.29, 1.82) is 0 Å². The number of halogens is 3. The highest BCUT2D eigenvalue weighted by atomic mass is 19.4. The number of ether oxygens (including phenoxy) is 1. The van der Waals surface area contributed by atoms with Crippen LogP contribution in [0.25, 0.3) is 0 Å². The highest BCUT2D eigenvalue weighted by molar-refractivity contribution is 5.96. The van der Waals surface area contributed by atoms with Gasteiger partial charge in [0.2, 0.25) is 11.8 Å². The number of para-hydroxylation sites is 1. The van der Waals surface area contributed by atoms with Crippen LogP contribution in [0.4, 0.5) is 13.2 Å². The molecular weight excluding hydrogens is 513 g/mol. The van der Waals surface area contributed by atoms with Gasteiger partial charge in [-0.2, -0.15) is 13.2 Å². The molecule has 0 aromatic heterocycles. The molecule has 3 rings (SSSR count). The van der Waals surface area contributed by atoms with E-state index in [0.29, 0.717) is 22.6 Å². The maximum absolute atomic E-state index is 13.6. The fraction of sp³-hybridized carbons (Fsp3) is 0.655. The van der Waals surface area contributed by atoms with Crippen molar-refractivity contribution in [3.63, 3.8) is 0 Å². The second-order valence-corrected chi connectivity index (χ2v) is 10.4. The zero-order chi connectivity index (χ0) is 28.4. The number of aliphatic hydroxyl groups is 2. The van der Waals surface area contributed by atoms with Gasteiger partial charge in [-0.05, 0) is 18.6 Å². The largest absolute Gasteiger partial charge is 0.486 e. The Morgan fingerprint density at radius 2 is 1.67 bits per heavy atom. The number of fused-ring (bicyclic) bond motifs is 3. The van der Waals surface area contributed by atoms with Crippen LogP contribution in [0, 0.1) is 0 Å². The van der Waals surface area contributed by atoms with Crippen LogP contribution in [0.5, 0.6) is 5.75 Å². The minimum Gasteiger partial charge on any atom is -0.486 e. The Kier molecular flexibility index (Phi) is 11.7. The lowest BCUT2D eigenvalue weighted by molar-refractivity contribution is -0.170. The Labute approximate surface area is 228 Å². The van der Waals surface area contributed by atoms with E-state index >= 15 is 0 Å². The Balaban J connectivity index is 1.76. The van der Waals surface area contributed by atoms with Gasteiger partial charge < -0.3 is 25.2 Å². The summed E-state index contributed by atoms with van der Waals surface area (Å²) in [4.78, 5) is 26.8. The number of aliphatic hydroxyl groups excluding tert-OH is 2. The molecule has 1 heterocycles. The predicted octanol–water partition coefficient (Wildman–Crippen LogP) is 4.62. The molecule has 2 aliphatic rings. The van der Waals surface area contributed by atoms with Gasteiger partial charge in [0, 0.05) is 24.1 Å². The Morgan fingerprint density at radius 3 is 2.31 bits per heavy atom. The molecule has 39 heavy (non-hydrogen) atoms. The van der Waals surface area contributed by atoms with Gasteiger partial charge >= 0.3 is 6.18 Å². The molecule has 0 bridgehead atoms. The third kappa shape index (κ3) is 8.45. The minimum absolute atomic E-state index is 0.0485. The number of hydrogen-bond acceptors (Lipinski definition) is 5. The fourth-order valence-corrected chi connectivity index (χ4v) is 5.47. The summed E-state index contributed by atoms with van der Waals surface area (Å²) in [5, 5.41) is 22.9. The van der Waals surface area contributed by atoms with E-state index in [1.165, 1.54) is 31.8 Å². The van der Waals surface area contributed by atoms with Crippen LogP contribution in [0.2, 0.25) is 0 Å². The standard InChI is InChI=1S/C29H41F3N2O5/c1-2-3-4-5-6-7-8-9-10-15-24(36)34(19-29(30,31)32)22-18-21(28(38)33-16-17-35)25-20-13-11-12-14-23(20)39-27(25)26(22)37/h11-14,18,22,25-27,35,37H,2-10,15-17,19H2,1H3,(H,33,38). The summed E-state index contributed by atoms with van der Waals surface area (Å²) in [6, 6.07) is 5.48. The number of carbonyl (C=O) groups excluding carboxylic acids is 2. The first-order chi connectivity index (χ1) is 18.7. The SMILES string of the molecule is CCCCCCCCCCCC(=O)N(CC(F)(F)F)C1C=C(C(=O)NCCO)C2c3ccccc3OC2C1O. The van der Waals surface area contributed by atoms with Crippen LogP contribution in [0.15, 0.2) is 35.9 Å². The summed E-state index contributed by atoms with van der Waals surface area (Å²) in [5.41, 5.74) is 0.741. The zero-order valence-electron chi connectivity index (χ0n) is 22.6. The third-order valence-electron chi connectivity index (χ3n) is 7.40. The van der Waals surface area contributed by atoms with Crippen LogP contribution in [0.1, 0.15) is 82.6 Å². The number of carbonyl (C=O) groups is 2. The fourth-order valence-electron chi connectivity index (χ4n) is 5.47. The summed E-state index contributed by atoms with van der Waals surface area (Å²) in [5.74, 6) is -1.60. The monoisotopic (exact) mass is 554 g/mol. The summed E-state index contributed by atoms with van der Waals surface area (Å²) in [6.45, 7) is 0.250. The smallest absolute Gasteiger partial charge is 0.406 e. The number of nitrogens with one attached hydrogen (secondary N) is 1. The molecule has 3 N–H and O–H groups in total. The van der Waals surface area contributed by atoms with Crippen molar-refractivity contribution in [2.75, 3.05) is 19.7 Å². The predicted molar refractivity (Wildman–Crippen MR) is 141 cm³/mol. The van der Waals surface area contributed by atoms with Gasteiger partial charge in [-0.3, -0.25) is 9.59 Å². The summed E-state index contributed by atoms with van der Waals surface area (Å²) < 4.78 is 46.8. The number of amides is 2. The van der Waals surface area contributed by atoms with E-state index in [1.54, 1.807) is 24.3 Å². The zero-order valence-corrected chi connectivity index (χ0v) is 22.6. The van der Waals surface area contributed by atoms with Crippen molar-refractivity contribution in [2.24, 2.45) is 0 Å². The van der Waals surface area contributed by atoms with Crippen molar-refractivity contribution in [2.45, 2.75) is 101 Å². The number of nitrogens with zero attached hydrogens (tertiary/aromatic N) is 1. The lowest BCUT2D eigenvalue weighted by atomic mass is 9.77. The number of benzene rings is 1. The van der Waals surface area contributed by atoms with Gasteiger partial charge in [0.25, 0.3) is 0 Å². The molecule has 10 heteroatoms. The van der Waals surface area contributed by atoms with Gasteiger partial charge in [-0.15, -0.1) is 0 Å². The maximum atomic E-state index is 13.6. The number of rotatable bonds is 15. The van der Waals surface area contributed by atoms with Crippen molar-refractivity contribution in [1.82, 2.24) is 10.2 Å². The maximum Gasteiger partial charge on any atom is 0.406 e. The molecule has 0 fully saturated rings. The number of unbranched alkanes of at least 4 members (excludes halogenated alkanes) is 8. The summed E-state index contributed by atoms with van der Waals surface area (Å²) in [7, 11) is 0. The molecule has 2 amide bonds. The molecule has 0 saturated carbocycles. The van der Waals surface area contributed by atoms with E-state index in [4.69, 9.17) is 9.84 Å². The van der Waals surface area contributed by atoms with Crippen LogP contribution in [0.3, 0.4) is 0 Å². The van der Waals surface area contributed by atoms with E-state index in [-0.39, 0.29) is 25.1 Å². The van der Waals surface area contributed by atoms with Crippen molar-refractivity contribution in [3.05, 3.63) is 41.5 Å². The van der Waals surface area contributed by atoms with Crippen LogP contribution >= 0.6 is 0 Å². The lowest BCUT2D eigenvalue weighted by Crippen LogP contribution is -2.57. The Hall–Kier alpha value is -2.59. The third-order valence-corrected chi connectivity index (χ3v) is 7.40. The molecule has 0 radical (unpaired) electrons. The number of hydrogen-bond donors (Lipinski definition) is 3. The molecule has 4 atom stereocenters. The topological polar surface area (TPSA) is 99.1 Å². The van der Waals surface area contributed by atoms with E-state index in [2.05, 4.69) is 12.2 Å². The van der Waals surface area contributed by atoms with E-state index < -0.39 is 48.7 Å². The molecular formula is C29H41F3N2O5. The molecule has 4 unspecified atom stereocenters. The van der Waals surface area contributed by atoms with Crippen molar-refractivity contribution in [3.8, 4) is 5.75 Å². The lowest BCUT2D eigenvalue weighted by Gasteiger charge is -2.41. The average molecular weight is 555 g/mol. The number of alkyl halides is 3. The summed E-state index contributed by atoms with van der Waals surface area (Å²) in [6.07, 6.45) is 2.98. The van der Waals surface area contributed by atoms with Gasteiger partial charge in [0.15, 0.2) is 0 Å². The van der Waals surface area contributed by atoms with Crippen molar-refractivity contribution >= 4 is 11.8 Å². The van der Waals surface area contributed by atoms with Crippen LogP contribution in [-0.2, 0) is 9.59 Å². The van der Waals surface area contributed by atoms with Crippen LogP contribution in [-0.4, -0.2) is 71.0 Å². The second kappa shape index (κ2) is 14.7. The molecule has 0 saturated heterocycles. The first-order valence-corrected chi connectivity index (χ1v) is 14.1. The second-order valence-electron chi connectivity index (χ2n) is 10.4. The highest BCUT2D eigenvalue weighted by Gasteiger charge is 2.51. The van der Waals surface area contributed by atoms with Gasteiger partial charge in [-0.1, -0.05) is 76.5 Å². The molecule has 1 aliphatic carbocycles.